The molecule has 1 aliphatic rings. The van der Waals surface area contributed by atoms with Gasteiger partial charge in [-0.2, -0.15) is 0 Å². The predicted molar refractivity (Wildman–Crippen MR) is 96.5 cm³/mol. The fourth-order valence-corrected chi connectivity index (χ4v) is 3.36. The highest BCUT2D eigenvalue weighted by atomic mass is 79.9. The van der Waals surface area contributed by atoms with Crippen LogP contribution in [0.25, 0.3) is 0 Å². The SMILES string of the molecule is O=C(O)c1cccc(CN2CCC(Oc3cccc(Br)c3)CC2)c1. The fourth-order valence-electron chi connectivity index (χ4n) is 2.98. The number of nitrogens with zero attached hydrogens (tertiary/aromatic N) is 1. The van der Waals surface area contributed by atoms with Crippen molar-refractivity contribution in [2.75, 3.05) is 13.1 Å². The van der Waals surface area contributed by atoms with Crippen LogP contribution < -0.4 is 4.74 Å². The Hall–Kier alpha value is -1.85. The molecule has 2 aromatic carbocycles. The number of carboxylic acid groups (broad SMARTS) is 1. The lowest BCUT2D eigenvalue weighted by Crippen LogP contribution is -2.37. The van der Waals surface area contributed by atoms with Crippen molar-refractivity contribution in [1.82, 2.24) is 4.90 Å². The number of carboxylic acids is 1. The number of aromatic carboxylic acids is 1. The Morgan fingerprint density at radius 2 is 1.92 bits per heavy atom. The molecule has 0 radical (unpaired) electrons. The van der Waals surface area contributed by atoms with Crippen LogP contribution in [0.4, 0.5) is 0 Å². The second kappa shape index (κ2) is 7.81. The third-order valence-electron chi connectivity index (χ3n) is 4.21. The van der Waals surface area contributed by atoms with Gasteiger partial charge in [0.25, 0.3) is 0 Å². The number of hydrogen-bond acceptors (Lipinski definition) is 3. The number of benzene rings is 2. The topological polar surface area (TPSA) is 49.8 Å². The Labute approximate surface area is 150 Å². The third kappa shape index (κ3) is 4.58. The zero-order chi connectivity index (χ0) is 16.9. The molecule has 1 fully saturated rings. The van der Waals surface area contributed by atoms with Gasteiger partial charge >= 0.3 is 5.97 Å². The first kappa shape index (κ1) is 17.0. The van der Waals surface area contributed by atoms with Gasteiger partial charge in [-0.25, -0.2) is 4.79 Å². The van der Waals surface area contributed by atoms with Crippen LogP contribution in [-0.4, -0.2) is 35.2 Å². The average Bonchev–Trinajstić information content (AvgIpc) is 2.57. The van der Waals surface area contributed by atoms with Crippen molar-refractivity contribution in [3.63, 3.8) is 0 Å². The van der Waals surface area contributed by atoms with E-state index in [4.69, 9.17) is 9.84 Å². The molecule has 0 aromatic heterocycles. The van der Waals surface area contributed by atoms with Gasteiger partial charge in [0.2, 0.25) is 0 Å². The van der Waals surface area contributed by atoms with Crippen molar-refractivity contribution in [2.24, 2.45) is 0 Å². The van der Waals surface area contributed by atoms with Gasteiger partial charge in [0.1, 0.15) is 11.9 Å². The van der Waals surface area contributed by atoms with Crippen molar-refractivity contribution < 1.29 is 14.6 Å². The summed E-state index contributed by atoms with van der Waals surface area (Å²) in [5.74, 6) is 0.0231. The summed E-state index contributed by atoms with van der Waals surface area (Å²) in [7, 11) is 0. The molecule has 0 aliphatic carbocycles. The molecule has 0 unspecified atom stereocenters. The van der Waals surface area contributed by atoms with Crippen molar-refractivity contribution in [3.05, 3.63) is 64.1 Å². The van der Waals surface area contributed by atoms with E-state index in [2.05, 4.69) is 20.8 Å². The molecule has 1 heterocycles. The van der Waals surface area contributed by atoms with E-state index in [1.54, 1.807) is 12.1 Å². The van der Waals surface area contributed by atoms with E-state index in [0.29, 0.717) is 5.56 Å². The minimum Gasteiger partial charge on any atom is -0.490 e. The van der Waals surface area contributed by atoms with Gasteiger partial charge in [0.15, 0.2) is 0 Å². The lowest BCUT2D eigenvalue weighted by molar-refractivity contribution is 0.0696. The summed E-state index contributed by atoms with van der Waals surface area (Å²) in [5, 5.41) is 9.08. The van der Waals surface area contributed by atoms with Crippen LogP contribution >= 0.6 is 15.9 Å². The second-order valence-electron chi connectivity index (χ2n) is 6.06. The van der Waals surface area contributed by atoms with E-state index < -0.39 is 5.97 Å². The molecule has 0 amide bonds. The van der Waals surface area contributed by atoms with Gasteiger partial charge < -0.3 is 9.84 Å². The van der Waals surface area contributed by atoms with Gasteiger partial charge in [-0.1, -0.05) is 34.1 Å². The van der Waals surface area contributed by atoms with E-state index >= 15 is 0 Å². The number of halogens is 1. The maximum Gasteiger partial charge on any atom is 0.335 e. The first-order valence-corrected chi connectivity index (χ1v) is 8.86. The van der Waals surface area contributed by atoms with Crippen LogP contribution in [0.3, 0.4) is 0 Å². The van der Waals surface area contributed by atoms with Gasteiger partial charge in [-0.05, 0) is 48.7 Å². The van der Waals surface area contributed by atoms with Crippen molar-refractivity contribution >= 4 is 21.9 Å². The van der Waals surface area contributed by atoms with Gasteiger partial charge in [-0.3, -0.25) is 4.90 Å². The molecule has 1 saturated heterocycles. The molecule has 3 rings (SSSR count). The summed E-state index contributed by atoms with van der Waals surface area (Å²) in [6.07, 6.45) is 2.19. The number of carbonyl (C=O) groups is 1. The van der Waals surface area contributed by atoms with Crippen molar-refractivity contribution in [2.45, 2.75) is 25.5 Å². The first-order chi connectivity index (χ1) is 11.6. The maximum atomic E-state index is 11.1. The maximum absolute atomic E-state index is 11.1. The van der Waals surface area contributed by atoms with E-state index in [1.807, 2.05) is 36.4 Å². The molecule has 5 heteroatoms. The number of ether oxygens (including phenoxy) is 1. The third-order valence-corrected chi connectivity index (χ3v) is 4.71. The zero-order valence-electron chi connectivity index (χ0n) is 13.3. The molecular weight excluding hydrogens is 370 g/mol. The Morgan fingerprint density at radius 3 is 2.62 bits per heavy atom. The fraction of sp³-hybridized carbons (Fsp3) is 0.316. The van der Waals surface area contributed by atoms with E-state index in [-0.39, 0.29) is 6.10 Å². The van der Waals surface area contributed by atoms with Crippen LogP contribution in [-0.2, 0) is 6.54 Å². The smallest absolute Gasteiger partial charge is 0.335 e. The van der Waals surface area contributed by atoms with Crippen LogP contribution in [0, 0.1) is 0 Å². The van der Waals surface area contributed by atoms with E-state index in [0.717, 1.165) is 48.3 Å². The van der Waals surface area contributed by atoms with Gasteiger partial charge in [0.05, 0.1) is 5.56 Å². The lowest BCUT2D eigenvalue weighted by atomic mass is 10.1. The molecule has 0 spiro atoms. The largest absolute Gasteiger partial charge is 0.490 e. The molecule has 0 atom stereocenters. The lowest BCUT2D eigenvalue weighted by Gasteiger charge is -2.32. The Bertz CT molecular complexity index is 711. The van der Waals surface area contributed by atoms with Crippen molar-refractivity contribution in [3.8, 4) is 5.75 Å². The predicted octanol–water partition coefficient (Wildman–Crippen LogP) is 4.19. The summed E-state index contributed by atoms with van der Waals surface area (Å²) in [5.41, 5.74) is 1.39. The highest BCUT2D eigenvalue weighted by Gasteiger charge is 2.20. The monoisotopic (exact) mass is 389 g/mol. The summed E-state index contributed by atoms with van der Waals surface area (Å²) in [6, 6.07) is 15.1. The Balaban J connectivity index is 1.52. The molecular formula is C19H20BrNO3. The minimum absolute atomic E-state index is 0.237. The number of hydrogen-bond donors (Lipinski definition) is 1. The van der Waals surface area contributed by atoms with Gasteiger partial charge in [0, 0.05) is 24.1 Å². The minimum atomic E-state index is -0.877. The van der Waals surface area contributed by atoms with Crippen molar-refractivity contribution in [1.29, 1.82) is 0 Å². The number of likely N-dealkylation sites (tertiary alicyclic amines) is 1. The second-order valence-corrected chi connectivity index (χ2v) is 6.97. The summed E-state index contributed by atoms with van der Waals surface area (Å²) in [6.45, 7) is 2.69. The summed E-state index contributed by atoms with van der Waals surface area (Å²) in [4.78, 5) is 13.4. The Kier molecular flexibility index (Phi) is 5.53. The van der Waals surface area contributed by atoms with Crippen LogP contribution in [0.5, 0.6) is 5.75 Å². The standard InChI is InChI=1S/C19H20BrNO3/c20-16-5-2-6-18(12-16)24-17-7-9-21(10-8-17)13-14-3-1-4-15(11-14)19(22)23/h1-6,11-12,17H,7-10,13H2,(H,22,23). The highest BCUT2D eigenvalue weighted by Crippen LogP contribution is 2.23. The van der Waals surface area contributed by atoms with Gasteiger partial charge in [-0.15, -0.1) is 0 Å². The molecule has 1 N–H and O–H groups in total. The molecule has 0 saturated carbocycles. The molecule has 1 aliphatic heterocycles. The number of piperidine rings is 1. The molecule has 4 nitrogen and oxygen atoms in total. The van der Waals surface area contributed by atoms with Crippen LogP contribution in [0.1, 0.15) is 28.8 Å². The molecule has 2 aromatic rings. The van der Waals surface area contributed by atoms with E-state index in [9.17, 15) is 4.79 Å². The van der Waals surface area contributed by atoms with Crippen LogP contribution in [0.15, 0.2) is 53.0 Å². The zero-order valence-corrected chi connectivity index (χ0v) is 14.9. The molecule has 126 valence electrons. The first-order valence-electron chi connectivity index (χ1n) is 8.07. The Morgan fingerprint density at radius 1 is 1.17 bits per heavy atom. The molecule has 24 heavy (non-hydrogen) atoms. The normalized spacial score (nSPS) is 16.0. The quantitative estimate of drug-likeness (QED) is 0.832. The van der Waals surface area contributed by atoms with E-state index in [1.165, 1.54) is 0 Å². The summed E-state index contributed by atoms with van der Waals surface area (Å²) >= 11 is 3.46. The molecule has 0 bridgehead atoms. The average molecular weight is 390 g/mol. The van der Waals surface area contributed by atoms with Crippen LogP contribution in [0.2, 0.25) is 0 Å². The highest BCUT2D eigenvalue weighted by molar-refractivity contribution is 9.10. The summed E-state index contributed by atoms with van der Waals surface area (Å²) < 4.78 is 7.07. The number of rotatable bonds is 5.